The van der Waals surface area contributed by atoms with Crippen LogP contribution < -0.4 is 5.43 Å². The first-order valence-corrected chi connectivity index (χ1v) is 6.96. The molecule has 1 heterocycles. The Kier molecular flexibility index (Phi) is 4.35. The summed E-state index contributed by atoms with van der Waals surface area (Å²) in [4.78, 5) is 17.3. The molecule has 0 saturated heterocycles. The summed E-state index contributed by atoms with van der Waals surface area (Å²) in [6, 6.07) is 7.63. The summed E-state index contributed by atoms with van der Waals surface area (Å²) in [5.74, 6) is 0. The van der Waals surface area contributed by atoms with Gasteiger partial charge in [0, 0.05) is 5.56 Å². The maximum atomic E-state index is 12.2. The number of fused-ring (bicyclic) bond motifs is 1. The molecule has 1 amide bonds. The zero-order chi connectivity index (χ0) is 15.5. The number of nitrogens with one attached hydrogen (secondary N) is 1. The number of amides is 1. The summed E-state index contributed by atoms with van der Waals surface area (Å²) in [7, 11) is 0. The van der Waals surface area contributed by atoms with E-state index in [9.17, 15) is 4.79 Å². The van der Waals surface area contributed by atoms with Crippen LogP contribution in [-0.4, -0.2) is 35.6 Å². The minimum atomic E-state index is -0.549. The molecule has 0 aromatic heterocycles. The zero-order valence-corrected chi connectivity index (χ0v) is 12.8. The Morgan fingerprint density at radius 1 is 1.38 bits per heavy atom. The Morgan fingerprint density at radius 3 is 2.76 bits per heavy atom. The first-order valence-electron chi connectivity index (χ1n) is 6.96. The minimum absolute atomic E-state index is 0.284. The maximum absolute atomic E-state index is 12.2. The van der Waals surface area contributed by atoms with Gasteiger partial charge in [0.15, 0.2) is 0 Å². The molecule has 0 bridgehead atoms. The Labute approximate surface area is 124 Å². The predicted molar refractivity (Wildman–Crippen MR) is 81.2 cm³/mol. The second kappa shape index (κ2) is 6.03. The van der Waals surface area contributed by atoms with Gasteiger partial charge in [-0.3, -0.25) is 5.43 Å². The molecule has 1 N–H and O–H groups in total. The Balaban J connectivity index is 2.24. The van der Waals surface area contributed by atoms with Crippen LogP contribution in [0.1, 0.15) is 33.3 Å². The lowest BCUT2D eigenvalue weighted by Gasteiger charge is -2.32. The second-order valence-corrected chi connectivity index (χ2v) is 5.68. The van der Waals surface area contributed by atoms with Crippen LogP contribution in [0.15, 0.2) is 29.4 Å². The van der Waals surface area contributed by atoms with E-state index >= 15 is 0 Å². The first-order chi connectivity index (χ1) is 9.90. The van der Waals surface area contributed by atoms with Gasteiger partial charge in [-0.15, -0.1) is 0 Å². The molecular weight excluding hydrogens is 270 g/mol. The fraction of sp³-hybridized carbons (Fsp3) is 0.467. The van der Waals surface area contributed by atoms with E-state index in [-0.39, 0.29) is 6.54 Å². The van der Waals surface area contributed by atoms with Crippen LogP contribution >= 0.6 is 0 Å². The number of nitrogens with zero attached hydrogens (tertiary/aromatic N) is 2. The van der Waals surface area contributed by atoms with Crippen LogP contribution in [0, 0.1) is 0 Å². The van der Waals surface area contributed by atoms with Crippen LogP contribution in [-0.2, 0) is 9.57 Å². The summed E-state index contributed by atoms with van der Waals surface area (Å²) >= 11 is 0. The van der Waals surface area contributed by atoms with E-state index in [1.807, 2.05) is 52.0 Å². The fourth-order valence-corrected chi connectivity index (χ4v) is 1.90. The number of ether oxygens (including phenoxy) is 1. The lowest BCUT2D eigenvalue weighted by molar-refractivity contribution is 0.0317. The van der Waals surface area contributed by atoms with Crippen molar-refractivity contribution >= 4 is 17.5 Å². The maximum Gasteiger partial charge on any atom is 0.429 e. The van der Waals surface area contributed by atoms with Crippen LogP contribution in [0.4, 0.5) is 10.5 Å². The van der Waals surface area contributed by atoms with Crippen molar-refractivity contribution < 1.29 is 14.4 Å². The minimum Gasteiger partial charge on any atom is -0.442 e. The first kappa shape index (κ1) is 15.2. The van der Waals surface area contributed by atoms with Crippen LogP contribution in [0.2, 0.25) is 0 Å². The van der Waals surface area contributed by atoms with Crippen LogP contribution in [0.5, 0.6) is 0 Å². The SMILES string of the molecule is CCO/N=C1/CN(C(=O)OC(C)(C)C)Nc2ccccc21. The summed E-state index contributed by atoms with van der Waals surface area (Å²) < 4.78 is 5.37. The number of hydrogen-bond donors (Lipinski definition) is 1. The third-order valence-electron chi connectivity index (χ3n) is 2.72. The number of hydrazine groups is 1. The molecule has 0 radical (unpaired) electrons. The van der Waals surface area contributed by atoms with Gasteiger partial charge < -0.3 is 9.57 Å². The van der Waals surface area contributed by atoms with E-state index in [1.54, 1.807) is 0 Å². The molecule has 114 valence electrons. The van der Waals surface area contributed by atoms with E-state index < -0.39 is 11.7 Å². The summed E-state index contributed by atoms with van der Waals surface area (Å²) in [5.41, 5.74) is 4.91. The molecule has 0 unspecified atom stereocenters. The lowest BCUT2D eigenvalue weighted by atomic mass is 10.1. The quantitative estimate of drug-likeness (QED) is 0.851. The molecule has 0 atom stereocenters. The van der Waals surface area contributed by atoms with Crippen molar-refractivity contribution in [2.45, 2.75) is 33.3 Å². The smallest absolute Gasteiger partial charge is 0.429 e. The highest BCUT2D eigenvalue weighted by Crippen LogP contribution is 2.23. The molecule has 6 nitrogen and oxygen atoms in total. The third kappa shape index (κ3) is 3.87. The Hall–Kier alpha value is -2.24. The Bertz CT molecular complexity index is 549. The molecule has 0 fully saturated rings. The van der Waals surface area contributed by atoms with Crippen molar-refractivity contribution in [1.29, 1.82) is 0 Å². The molecule has 1 aromatic rings. The van der Waals surface area contributed by atoms with Gasteiger partial charge in [0.25, 0.3) is 0 Å². The van der Waals surface area contributed by atoms with Gasteiger partial charge in [0.05, 0.1) is 12.2 Å². The number of para-hydroxylation sites is 1. The van der Waals surface area contributed by atoms with Gasteiger partial charge in [0.1, 0.15) is 17.9 Å². The van der Waals surface area contributed by atoms with Crippen molar-refractivity contribution in [1.82, 2.24) is 5.01 Å². The molecule has 1 aliphatic heterocycles. The summed E-state index contributed by atoms with van der Waals surface area (Å²) in [5, 5.41) is 5.49. The van der Waals surface area contributed by atoms with E-state index in [1.165, 1.54) is 5.01 Å². The summed E-state index contributed by atoms with van der Waals surface area (Å²) in [6.07, 6.45) is -0.443. The highest BCUT2D eigenvalue weighted by molar-refractivity contribution is 6.08. The molecule has 0 aliphatic carbocycles. The van der Waals surface area contributed by atoms with Gasteiger partial charge in [0.2, 0.25) is 0 Å². The van der Waals surface area contributed by atoms with Gasteiger partial charge in [-0.05, 0) is 33.8 Å². The average Bonchev–Trinajstić information content (AvgIpc) is 2.42. The lowest BCUT2D eigenvalue weighted by Crippen LogP contribution is -2.46. The fourth-order valence-electron chi connectivity index (χ4n) is 1.90. The molecule has 0 saturated carbocycles. The van der Waals surface area contributed by atoms with E-state index in [0.29, 0.717) is 12.3 Å². The number of anilines is 1. The van der Waals surface area contributed by atoms with Crippen LogP contribution in [0.25, 0.3) is 0 Å². The van der Waals surface area contributed by atoms with Crippen molar-refractivity contribution in [2.75, 3.05) is 18.6 Å². The molecule has 1 aliphatic rings. The standard InChI is InChI=1S/C15H21N3O3/c1-5-20-17-13-10-18(14(19)21-15(2,3)4)16-12-9-7-6-8-11(12)13/h6-9,16H,5,10H2,1-4H3/b17-13-. The van der Waals surface area contributed by atoms with E-state index in [0.717, 1.165) is 11.3 Å². The van der Waals surface area contributed by atoms with Gasteiger partial charge in [-0.1, -0.05) is 23.4 Å². The van der Waals surface area contributed by atoms with E-state index in [4.69, 9.17) is 9.57 Å². The average molecular weight is 291 g/mol. The predicted octanol–water partition coefficient (Wildman–Crippen LogP) is 3.00. The molecule has 1 aromatic carbocycles. The molecule has 6 heteroatoms. The molecule has 0 spiro atoms. The van der Waals surface area contributed by atoms with Gasteiger partial charge in [-0.25, -0.2) is 9.80 Å². The van der Waals surface area contributed by atoms with Gasteiger partial charge >= 0.3 is 6.09 Å². The largest absolute Gasteiger partial charge is 0.442 e. The van der Waals surface area contributed by atoms with Crippen molar-refractivity contribution in [3.05, 3.63) is 29.8 Å². The van der Waals surface area contributed by atoms with E-state index in [2.05, 4.69) is 10.6 Å². The Morgan fingerprint density at radius 2 is 2.10 bits per heavy atom. The van der Waals surface area contributed by atoms with Gasteiger partial charge in [-0.2, -0.15) is 0 Å². The zero-order valence-electron chi connectivity index (χ0n) is 12.8. The second-order valence-electron chi connectivity index (χ2n) is 5.68. The molecular formula is C15H21N3O3. The van der Waals surface area contributed by atoms with Crippen molar-refractivity contribution in [3.8, 4) is 0 Å². The highest BCUT2D eigenvalue weighted by Gasteiger charge is 2.28. The molecule has 21 heavy (non-hydrogen) atoms. The topological polar surface area (TPSA) is 63.2 Å². The monoisotopic (exact) mass is 291 g/mol. The number of oxime groups is 1. The summed E-state index contributed by atoms with van der Waals surface area (Å²) in [6.45, 7) is 8.12. The number of hydrogen-bond acceptors (Lipinski definition) is 5. The van der Waals surface area contributed by atoms with Crippen LogP contribution in [0.3, 0.4) is 0 Å². The van der Waals surface area contributed by atoms with Crippen molar-refractivity contribution in [2.24, 2.45) is 5.16 Å². The normalized spacial score (nSPS) is 16.2. The third-order valence-corrected chi connectivity index (χ3v) is 2.72. The number of carbonyl (C=O) groups is 1. The van der Waals surface area contributed by atoms with Crippen molar-refractivity contribution in [3.63, 3.8) is 0 Å². The number of rotatable bonds is 2. The highest BCUT2D eigenvalue weighted by atomic mass is 16.6. The number of carbonyl (C=O) groups excluding carboxylic acids is 1. The number of benzene rings is 1. The molecule has 2 rings (SSSR count).